The van der Waals surface area contributed by atoms with Crippen molar-refractivity contribution in [1.29, 1.82) is 0 Å². The molecular formula is C16H26ClN3O. The largest absolute Gasteiger partial charge is 0.330 e. The van der Waals surface area contributed by atoms with E-state index in [0.29, 0.717) is 12.5 Å². The number of hydrogen-bond donors (Lipinski definition) is 2. The molecule has 0 aromatic heterocycles. The summed E-state index contributed by atoms with van der Waals surface area (Å²) < 4.78 is 0. The summed E-state index contributed by atoms with van der Waals surface area (Å²) in [5.74, 6) is 0.710. The van der Waals surface area contributed by atoms with Crippen molar-refractivity contribution in [1.82, 2.24) is 4.90 Å². The molecule has 0 atom stereocenters. The molecule has 118 valence electrons. The van der Waals surface area contributed by atoms with Crippen molar-refractivity contribution in [3.05, 3.63) is 29.3 Å². The lowest BCUT2D eigenvalue weighted by molar-refractivity contribution is -0.117. The van der Waals surface area contributed by atoms with Crippen LogP contribution in [-0.4, -0.2) is 37.0 Å². The third kappa shape index (κ3) is 4.99. The van der Waals surface area contributed by atoms with Gasteiger partial charge in [0.2, 0.25) is 5.91 Å². The summed E-state index contributed by atoms with van der Waals surface area (Å²) in [7, 11) is 0. The second-order valence-corrected chi connectivity index (χ2v) is 5.77. The zero-order valence-corrected chi connectivity index (χ0v) is 13.7. The van der Waals surface area contributed by atoms with E-state index in [2.05, 4.69) is 10.2 Å². The molecule has 3 N–H and O–H groups in total. The van der Waals surface area contributed by atoms with E-state index in [9.17, 15) is 4.79 Å². The van der Waals surface area contributed by atoms with Crippen LogP contribution in [-0.2, 0) is 4.79 Å². The first kappa shape index (κ1) is 18.0. The van der Waals surface area contributed by atoms with Crippen molar-refractivity contribution in [2.24, 2.45) is 11.7 Å². The SMILES string of the molecule is Cc1cccc(C)c1NC(=O)CN1CCC(CN)CC1.Cl. The number of likely N-dealkylation sites (tertiary alicyclic amines) is 1. The minimum atomic E-state index is 0. The van der Waals surface area contributed by atoms with E-state index >= 15 is 0 Å². The van der Waals surface area contributed by atoms with Crippen LogP contribution in [0.1, 0.15) is 24.0 Å². The standard InChI is InChI=1S/C16H25N3O.ClH/c1-12-4-3-5-13(2)16(12)18-15(20)11-19-8-6-14(10-17)7-9-19;/h3-5,14H,6-11,17H2,1-2H3,(H,18,20);1H. The van der Waals surface area contributed by atoms with Gasteiger partial charge in [0, 0.05) is 5.69 Å². The van der Waals surface area contributed by atoms with Crippen molar-refractivity contribution >= 4 is 24.0 Å². The molecular weight excluding hydrogens is 286 g/mol. The predicted molar refractivity (Wildman–Crippen MR) is 90.0 cm³/mol. The molecule has 5 heteroatoms. The highest BCUT2D eigenvalue weighted by atomic mass is 35.5. The smallest absolute Gasteiger partial charge is 0.238 e. The van der Waals surface area contributed by atoms with Gasteiger partial charge in [-0.15, -0.1) is 12.4 Å². The van der Waals surface area contributed by atoms with Crippen LogP contribution >= 0.6 is 12.4 Å². The number of anilines is 1. The number of carbonyl (C=O) groups excluding carboxylic acids is 1. The van der Waals surface area contributed by atoms with Crippen LogP contribution in [0, 0.1) is 19.8 Å². The number of benzene rings is 1. The minimum absolute atomic E-state index is 0. The highest BCUT2D eigenvalue weighted by Gasteiger charge is 2.20. The Bertz CT molecular complexity index is 450. The summed E-state index contributed by atoms with van der Waals surface area (Å²) in [6, 6.07) is 6.06. The van der Waals surface area contributed by atoms with Gasteiger partial charge in [0.1, 0.15) is 0 Å². The Kier molecular flexibility index (Phi) is 7.15. The Morgan fingerprint density at radius 2 is 1.86 bits per heavy atom. The van der Waals surface area contributed by atoms with Crippen molar-refractivity contribution < 1.29 is 4.79 Å². The fourth-order valence-electron chi connectivity index (χ4n) is 2.77. The minimum Gasteiger partial charge on any atom is -0.330 e. The molecule has 1 saturated heterocycles. The maximum atomic E-state index is 12.2. The van der Waals surface area contributed by atoms with Crippen LogP contribution in [0.15, 0.2) is 18.2 Å². The van der Waals surface area contributed by atoms with E-state index in [0.717, 1.165) is 49.3 Å². The topological polar surface area (TPSA) is 58.4 Å². The van der Waals surface area contributed by atoms with Gasteiger partial charge in [-0.3, -0.25) is 9.69 Å². The molecule has 0 radical (unpaired) electrons. The Morgan fingerprint density at radius 1 is 1.29 bits per heavy atom. The maximum absolute atomic E-state index is 12.2. The second kappa shape index (κ2) is 8.37. The first-order valence-corrected chi connectivity index (χ1v) is 7.38. The van der Waals surface area contributed by atoms with E-state index in [1.807, 2.05) is 32.0 Å². The Hall–Kier alpha value is -1.10. The number of aryl methyl sites for hydroxylation is 2. The number of piperidine rings is 1. The summed E-state index contributed by atoms with van der Waals surface area (Å²) in [6.45, 7) is 7.24. The van der Waals surface area contributed by atoms with Crippen molar-refractivity contribution in [3.8, 4) is 0 Å². The van der Waals surface area contributed by atoms with Crippen molar-refractivity contribution in [2.75, 3.05) is 31.5 Å². The first-order valence-electron chi connectivity index (χ1n) is 7.38. The molecule has 1 heterocycles. The first-order chi connectivity index (χ1) is 9.60. The molecule has 2 rings (SSSR count). The van der Waals surface area contributed by atoms with Crippen LogP contribution in [0.2, 0.25) is 0 Å². The average molecular weight is 312 g/mol. The van der Waals surface area contributed by atoms with Crippen LogP contribution < -0.4 is 11.1 Å². The van der Waals surface area contributed by atoms with Gasteiger partial charge in [0.15, 0.2) is 0 Å². The fraction of sp³-hybridized carbons (Fsp3) is 0.562. The quantitative estimate of drug-likeness (QED) is 0.897. The molecule has 0 saturated carbocycles. The average Bonchev–Trinajstić information content (AvgIpc) is 2.44. The van der Waals surface area contributed by atoms with Gasteiger partial charge in [-0.05, 0) is 63.4 Å². The summed E-state index contributed by atoms with van der Waals surface area (Å²) >= 11 is 0. The molecule has 0 unspecified atom stereocenters. The van der Waals surface area contributed by atoms with Gasteiger partial charge in [0.05, 0.1) is 6.54 Å². The molecule has 1 aliphatic heterocycles. The van der Waals surface area contributed by atoms with Crippen LogP contribution in [0.3, 0.4) is 0 Å². The van der Waals surface area contributed by atoms with E-state index in [1.54, 1.807) is 0 Å². The monoisotopic (exact) mass is 311 g/mol. The van der Waals surface area contributed by atoms with Crippen LogP contribution in [0.25, 0.3) is 0 Å². The normalized spacial score (nSPS) is 16.3. The molecule has 1 aromatic rings. The number of hydrogen-bond acceptors (Lipinski definition) is 3. The highest BCUT2D eigenvalue weighted by Crippen LogP contribution is 2.20. The van der Waals surface area contributed by atoms with Crippen LogP contribution in [0.4, 0.5) is 5.69 Å². The zero-order chi connectivity index (χ0) is 14.5. The summed E-state index contributed by atoms with van der Waals surface area (Å²) in [6.07, 6.45) is 2.21. The van der Waals surface area contributed by atoms with Gasteiger partial charge in [-0.2, -0.15) is 0 Å². The number of rotatable bonds is 4. The van der Waals surface area contributed by atoms with Gasteiger partial charge < -0.3 is 11.1 Å². The van der Waals surface area contributed by atoms with E-state index in [4.69, 9.17) is 5.73 Å². The lowest BCUT2D eigenvalue weighted by atomic mass is 9.97. The lowest BCUT2D eigenvalue weighted by Crippen LogP contribution is -2.40. The van der Waals surface area contributed by atoms with Crippen molar-refractivity contribution in [2.45, 2.75) is 26.7 Å². The number of carbonyl (C=O) groups is 1. The molecule has 1 amide bonds. The Balaban J connectivity index is 0.00000220. The zero-order valence-electron chi connectivity index (χ0n) is 12.9. The number of halogens is 1. The Labute approximate surface area is 133 Å². The molecule has 21 heavy (non-hydrogen) atoms. The number of amides is 1. The van der Waals surface area contributed by atoms with E-state index in [1.165, 1.54) is 0 Å². The third-order valence-electron chi connectivity index (χ3n) is 4.15. The van der Waals surface area contributed by atoms with E-state index < -0.39 is 0 Å². The molecule has 1 fully saturated rings. The fourth-order valence-corrected chi connectivity index (χ4v) is 2.77. The molecule has 0 spiro atoms. The lowest BCUT2D eigenvalue weighted by Gasteiger charge is -2.30. The molecule has 0 bridgehead atoms. The summed E-state index contributed by atoms with van der Waals surface area (Å²) in [5, 5.41) is 3.05. The molecule has 1 aromatic carbocycles. The number of para-hydroxylation sites is 1. The molecule has 4 nitrogen and oxygen atoms in total. The summed E-state index contributed by atoms with van der Waals surface area (Å²) in [5.41, 5.74) is 8.86. The number of nitrogens with zero attached hydrogens (tertiary/aromatic N) is 1. The molecule has 0 aliphatic carbocycles. The predicted octanol–water partition coefficient (Wildman–Crippen LogP) is 2.33. The second-order valence-electron chi connectivity index (χ2n) is 5.77. The number of nitrogens with two attached hydrogens (primary N) is 1. The van der Waals surface area contributed by atoms with Crippen LogP contribution in [0.5, 0.6) is 0 Å². The van der Waals surface area contributed by atoms with Gasteiger partial charge in [0.25, 0.3) is 0 Å². The highest BCUT2D eigenvalue weighted by molar-refractivity contribution is 5.93. The van der Waals surface area contributed by atoms with E-state index in [-0.39, 0.29) is 18.3 Å². The maximum Gasteiger partial charge on any atom is 0.238 e. The van der Waals surface area contributed by atoms with Crippen molar-refractivity contribution in [3.63, 3.8) is 0 Å². The molecule has 1 aliphatic rings. The Morgan fingerprint density at radius 3 is 2.38 bits per heavy atom. The summed E-state index contributed by atoms with van der Waals surface area (Å²) in [4.78, 5) is 14.4. The third-order valence-corrected chi connectivity index (χ3v) is 4.15. The van der Waals surface area contributed by atoms with Gasteiger partial charge in [-0.25, -0.2) is 0 Å². The van der Waals surface area contributed by atoms with Gasteiger partial charge in [-0.1, -0.05) is 18.2 Å². The number of nitrogens with one attached hydrogen (secondary N) is 1. The van der Waals surface area contributed by atoms with Gasteiger partial charge >= 0.3 is 0 Å².